The number of amides is 1. The van der Waals surface area contributed by atoms with E-state index in [2.05, 4.69) is 20.8 Å². The molecule has 2 N–H and O–H groups in total. The van der Waals surface area contributed by atoms with Crippen molar-refractivity contribution in [2.45, 2.75) is 38.6 Å². The van der Waals surface area contributed by atoms with Gasteiger partial charge in [-0.05, 0) is 37.9 Å². The van der Waals surface area contributed by atoms with Gasteiger partial charge in [0.2, 0.25) is 17.6 Å². The van der Waals surface area contributed by atoms with Crippen LogP contribution in [0.2, 0.25) is 0 Å². The first kappa shape index (κ1) is 19.3. The fourth-order valence-corrected chi connectivity index (χ4v) is 2.70. The van der Waals surface area contributed by atoms with Gasteiger partial charge in [-0.1, -0.05) is 17.3 Å². The summed E-state index contributed by atoms with van der Waals surface area (Å²) in [7, 11) is 0. The minimum absolute atomic E-state index is 0. The number of carbonyl (C=O) groups excluding carboxylic acids is 1. The zero-order chi connectivity index (χ0) is 16.9. The number of hydrogen-bond acceptors (Lipinski definition) is 5. The molecule has 0 radical (unpaired) electrons. The quantitative estimate of drug-likeness (QED) is 0.847. The zero-order valence-electron chi connectivity index (χ0n) is 14.0. The fraction of sp³-hybridized carbons (Fsp3) is 0.471. The second-order valence-electron chi connectivity index (χ2n) is 6.09. The maximum atomic E-state index is 13.6. The van der Waals surface area contributed by atoms with Crippen LogP contribution >= 0.6 is 12.4 Å². The van der Waals surface area contributed by atoms with E-state index < -0.39 is 0 Å². The molecule has 8 heteroatoms. The molecule has 1 unspecified atom stereocenters. The van der Waals surface area contributed by atoms with Gasteiger partial charge in [0.15, 0.2) is 0 Å². The number of nitrogens with zero attached hydrogens (tertiary/aromatic N) is 2. The molecule has 1 aliphatic rings. The number of carbonyl (C=O) groups is 1. The van der Waals surface area contributed by atoms with Crippen molar-refractivity contribution in [3.8, 4) is 11.4 Å². The molecule has 0 saturated carbocycles. The molecule has 2 heterocycles. The molecule has 0 bridgehead atoms. The molecule has 6 nitrogen and oxygen atoms in total. The first-order valence-electron chi connectivity index (χ1n) is 8.21. The lowest BCUT2D eigenvalue weighted by atomic mass is 10.1. The molecule has 3 rings (SSSR count). The summed E-state index contributed by atoms with van der Waals surface area (Å²) in [5.74, 6) is 0.382. The lowest BCUT2D eigenvalue weighted by molar-refractivity contribution is -0.121. The average Bonchev–Trinajstić information content (AvgIpc) is 3.05. The van der Waals surface area contributed by atoms with Crippen molar-refractivity contribution < 1.29 is 13.7 Å². The van der Waals surface area contributed by atoms with Crippen LogP contribution in [-0.4, -0.2) is 35.2 Å². The molecule has 0 spiro atoms. The highest BCUT2D eigenvalue weighted by molar-refractivity contribution is 5.85. The van der Waals surface area contributed by atoms with Gasteiger partial charge < -0.3 is 15.2 Å². The molecule has 1 aromatic carbocycles. The fourth-order valence-electron chi connectivity index (χ4n) is 2.70. The number of piperidine rings is 1. The van der Waals surface area contributed by atoms with Crippen LogP contribution in [0.5, 0.6) is 0 Å². The lowest BCUT2D eigenvalue weighted by Gasteiger charge is -2.23. The van der Waals surface area contributed by atoms with E-state index in [1.165, 1.54) is 6.07 Å². The second kappa shape index (κ2) is 8.92. The molecule has 1 aliphatic heterocycles. The van der Waals surface area contributed by atoms with Crippen molar-refractivity contribution in [2.75, 3.05) is 13.1 Å². The van der Waals surface area contributed by atoms with E-state index in [0.717, 1.165) is 25.9 Å². The monoisotopic (exact) mass is 368 g/mol. The van der Waals surface area contributed by atoms with Crippen LogP contribution in [-0.2, 0) is 11.2 Å². The molecule has 1 aromatic heterocycles. The SMILES string of the molecule is Cc1ccc(-c2noc(CCC(=O)NC3CCCNC3)n2)cc1F.Cl. The smallest absolute Gasteiger partial charge is 0.227 e. The van der Waals surface area contributed by atoms with Gasteiger partial charge in [-0.3, -0.25) is 4.79 Å². The van der Waals surface area contributed by atoms with Crippen molar-refractivity contribution in [3.05, 3.63) is 35.5 Å². The molecule has 25 heavy (non-hydrogen) atoms. The summed E-state index contributed by atoms with van der Waals surface area (Å²) in [6.07, 6.45) is 2.74. The van der Waals surface area contributed by atoms with Crippen molar-refractivity contribution in [1.82, 2.24) is 20.8 Å². The van der Waals surface area contributed by atoms with E-state index in [9.17, 15) is 9.18 Å². The van der Waals surface area contributed by atoms with Crippen molar-refractivity contribution in [1.29, 1.82) is 0 Å². The largest absolute Gasteiger partial charge is 0.352 e. The minimum Gasteiger partial charge on any atom is -0.352 e. The summed E-state index contributed by atoms with van der Waals surface area (Å²) >= 11 is 0. The van der Waals surface area contributed by atoms with E-state index >= 15 is 0 Å². The highest BCUT2D eigenvalue weighted by Crippen LogP contribution is 2.19. The average molecular weight is 369 g/mol. The van der Waals surface area contributed by atoms with Crippen molar-refractivity contribution >= 4 is 18.3 Å². The van der Waals surface area contributed by atoms with E-state index in [1.54, 1.807) is 19.1 Å². The molecule has 1 saturated heterocycles. The number of aryl methyl sites for hydroxylation is 2. The van der Waals surface area contributed by atoms with Gasteiger partial charge in [0.25, 0.3) is 0 Å². The van der Waals surface area contributed by atoms with Crippen LogP contribution in [0.3, 0.4) is 0 Å². The number of rotatable bonds is 5. The van der Waals surface area contributed by atoms with Gasteiger partial charge in [-0.15, -0.1) is 12.4 Å². The molecule has 2 aromatic rings. The summed E-state index contributed by atoms with van der Waals surface area (Å²) in [5.41, 5.74) is 1.13. The highest BCUT2D eigenvalue weighted by atomic mass is 35.5. The number of nitrogens with one attached hydrogen (secondary N) is 2. The summed E-state index contributed by atoms with van der Waals surface area (Å²) in [6, 6.07) is 5.00. The summed E-state index contributed by atoms with van der Waals surface area (Å²) < 4.78 is 18.8. The Morgan fingerprint density at radius 3 is 3.04 bits per heavy atom. The summed E-state index contributed by atoms with van der Waals surface area (Å²) in [6.45, 7) is 3.52. The third-order valence-electron chi connectivity index (χ3n) is 4.13. The highest BCUT2D eigenvalue weighted by Gasteiger charge is 2.16. The second-order valence-corrected chi connectivity index (χ2v) is 6.09. The zero-order valence-corrected chi connectivity index (χ0v) is 14.9. The van der Waals surface area contributed by atoms with Gasteiger partial charge in [-0.2, -0.15) is 4.98 Å². The lowest BCUT2D eigenvalue weighted by Crippen LogP contribution is -2.45. The Balaban J connectivity index is 0.00000225. The third kappa shape index (κ3) is 5.24. The first-order chi connectivity index (χ1) is 11.6. The Morgan fingerprint density at radius 2 is 2.32 bits per heavy atom. The Kier molecular flexibility index (Phi) is 6.90. The van der Waals surface area contributed by atoms with E-state index in [0.29, 0.717) is 35.7 Å². The predicted molar refractivity (Wildman–Crippen MR) is 94.0 cm³/mol. The Bertz CT molecular complexity index is 716. The summed E-state index contributed by atoms with van der Waals surface area (Å²) in [5, 5.41) is 10.1. The van der Waals surface area contributed by atoms with Gasteiger partial charge in [0, 0.05) is 31.0 Å². The van der Waals surface area contributed by atoms with Crippen LogP contribution in [0, 0.1) is 12.7 Å². The predicted octanol–water partition coefficient (Wildman–Crippen LogP) is 2.41. The van der Waals surface area contributed by atoms with Gasteiger partial charge in [0.05, 0.1) is 0 Å². The normalized spacial score (nSPS) is 17.0. The third-order valence-corrected chi connectivity index (χ3v) is 4.13. The van der Waals surface area contributed by atoms with Gasteiger partial charge in [0.1, 0.15) is 5.82 Å². The van der Waals surface area contributed by atoms with Crippen LogP contribution in [0.15, 0.2) is 22.7 Å². The molecule has 0 aliphatic carbocycles. The van der Waals surface area contributed by atoms with Crippen LogP contribution in [0.4, 0.5) is 4.39 Å². The van der Waals surface area contributed by atoms with Crippen LogP contribution in [0.1, 0.15) is 30.7 Å². The number of hydrogen-bond donors (Lipinski definition) is 2. The van der Waals surface area contributed by atoms with Crippen molar-refractivity contribution in [2.24, 2.45) is 0 Å². The Hall–Kier alpha value is -1.99. The molecule has 1 fully saturated rings. The maximum Gasteiger partial charge on any atom is 0.227 e. The summed E-state index contributed by atoms with van der Waals surface area (Å²) in [4.78, 5) is 16.2. The number of benzene rings is 1. The molecular weight excluding hydrogens is 347 g/mol. The van der Waals surface area contributed by atoms with E-state index in [1.807, 2.05) is 0 Å². The topological polar surface area (TPSA) is 80.0 Å². The minimum atomic E-state index is -0.306. The van der Waals surface area contributed by atoms with E-state index in [4.69, 9.17) is 4.52 Å². The van der Waals surface area contributed by atoms with Gasteiger partial charge in [-0.25, -0.2) is 4.39 Å². The van der Waals surface area contributed by atoms with E-state index in [-0.39, 0.29) is 30.2 Å². The Labute approximate surface area is 152 Å². The number of aromatic nitrogens is 2. The van der Waals surface area contributed by atoms with Crippen molar-refractivity contribution in [3.63, 3.8) is 0 Å². The molecule has 136 valence electrons. The molecule has 1 amide bonds. The number of halogens is 2. The van der Waals surface area contributed by atoms with Crippen LogP contribution < -0.4 is 10.6 Å². The van der Waals surface area contributed by atoms with Gasteiger partial charge >= 0.3 is 0 Å². The maximum absolute atomic E-state index is 13.6. The molecule has 1 atom stereocenters. The standard InChI is InChI=1S/C17H21FN4O2.ClH/c1-11-4-5-12(9-14(11)18)17-21-16(24-22-17)7-6-15(23)20-13-3-2-8-19-10-13;/h4-5,9,13,19H,2-3,6-8,10H2,1H3,(H,20,23);1H. The first-order valence-corrected chi connectivity index (χ1v) is 8.21. The molecular formula is C17H22ClFN4O2. The Morgan fingerprint density at radius 1 is 1.48 bits per heavy atom. The van der Waals surface area contributed by atoms with Crippen LogP contribution in [0.25, 0.3) is 11.4 Å².